The summed E-state index contributed by atoms with van der Waals surface area (Å²) in [4.78, 5) is 20.4. The zero-order valence-electron chi connectivity index (χ0n) is 10.1. The van der Waals surface area contributed by atoms with Gasteiger partial charge in [-0.1, -0.05) is 0 Å². The van der Waals surface area contributed by atoms with Gasteiger partial charge in [0.05, 0.1) is 5.39 Å². The molecule has 0 bridgehead atoms. The van der Waals surface area contributed by atoms with Crippen LogP contribution in [0.2, 0.25) is 0 Å². The Morgan fingerprint density at radius 3 is 3.00 bits per heavy atom. The van der Waals surface area contributed by atoms with Crippen molar-refractivity contribution in [3.05, 3.63) is 11.4 Å². The Bertz CT molecular complexity index is 553. The quantitative estimate of drug-likeness (QED) is 0.734. The van der Waals surface area contributed by atoms with E-state index in [2.05, 4.69) is 20.6 Å². The number of anilines is 2. The van der Waals surface area contributed by atoms with E-state index in [0.717, 1.165) is 22.6 Å². The Balaban J connectivity index is 2.22. The third-order valence-corrected chi connectivity index (χ3v) is 3.13. The van der Waals surface area contributed by atoms with E-state index >= 15 is 0 Å². The van der Waals surface area contributed by atoms with Crippen LogP contribution in [0.4, 0.5) is 11.8 Å². The van der Waals surface area contributed by atoms with E-state index in [1.54, 1.807) is 11.3 Å². The maximum atomic E-state index is 10.7. The Morgan fingerprint density at radius 1 is 1.44 bits per heavy atom. The second-order valence-corrected chi connectivity index (χ2v) is 4.60. The average molecular weight is 265 g/mol. The summed E-state index contributed by atoms with van der Waals surface area (Å²) < 4.78 is 0. The lowest BCUT2D eigenvalue weighted by Crippen LogP contribution is -2.16. The molecule has 0 radical (unpaired) electrons. The molecule has 4 N–H and O–H groups in total. The van der Waals surface area contributed by atoms with E-state index in [1.165, 1.54) is 0 Å². The standard InChI is InChI=1S/C11H15N5OS/c1-2-13-11-15-9(14-5-3-8(12)17)7-4-6-18-10(7)16-11/h4,6H,2-3,5H2,1H3,(H2,12,17)(H2,13,14,15,16). The molecular formula is C11H15N5OS. The molecule has 7 heteroatoms. The Morgan fingerprint density at radius 2 is 2.28 bits per heavy atom. The number of aromatic nitrogens is 2. The molecule has 2 rings (SSSR count). The van der Waals surface area contributed by atoms with Crippen LogP contribution in [-0.2, 0) is 4.79 Å². The number of hydrogen-bond acceptors (Lipinski definition) is 6. The van der Waals surface area contributed by atoms with Crippen molar-refractivity contribution >= 4 is 39.2 Å². The van der Waals surface area contributed by atoms with Gasteiger partial charge in [0, 0.05) is 19.5 Å². The first kappa shape index (κ1) is 12.6. The highest BCUT2D eigenvalue weighted by atomic mass is 32.1. The summed E-state index contributed by atoms with van der Waals surface area (Å²) in [6.07, 6.45) is 0.284. The zero-order valence-corrected chi connectivity index (χ0v) is 10.9. The smallest absolute Gasteiger partial charge is 0.226 e. The van der Waals surface area contributed by atoms with E-state index in [-0.39, 0.29) is 12.3 Å². The van der Waals surface area contributed by atoms with E-state index in [1.807, 2.05) is 18.4 Å². The lowest BCUT2D eigenvalue weighted by Gasteiger charge is -2.08. The molecule has 2 aromatic heterocycles. The Kier molecular flexibility index (Phi) is 3.93. The molecule has 0 saturated carbocycles. The fourth-order valence-corrected chi connectivity index (χ4v) is 2.30. The molecule has 2 heterocycles. The second kappa shape index (κ2) is 5.63. The van der Waals surface area contributed by atoms with Gasteiger partial charge >= 0.3 is 0 Å². The third-order valence-electron chi connectivity index (χ3n) is 2.32. The third kappa shape index (κ3) is 2.86. The highest BCUT2D eigenvalue weighted by Crippen LogP contribution is 2.26. The van der Waals surface area contributed by atoms with Crippen molar-refractivity contribution in [3.8, 4) is 0 Å². The summed E-state index contributed by atoms with van der Waals surface area (Å²) in [5.41, 5.74) is 5.10. The van der Waals surface area contributed by atoms with Crippen LogP contribution in [0.3, 0.4) is 0 Å². The molecule has 0 aliphatic carbocycles. The van der Waals surface area contributed by atoms with E-state index in [9.17, 15) is 4.79 Å². The molecule has 0 spiro atoms. The molecule has 0 unspecified atom stereocenters. The Labute approximate surface area is 109 Å². The first-order valence-corrected chi connectivity index (χ1v) is 6.60. The van der Waals surface area contributed by atoms with E-state index in [4.69, 9.17) is 5.73 Å². The summed E-state index contributed by atoms with van der Waals surface area (Å²) in [5, 5.41) is 9.13. The van der Waals surface area contributed by atoms with E-state index in [0.29, 0.717) is 12.5 Å². The van der Waals surface area contributed by atoms with Gasteiger partial charge in [-0.2, -0.15) is 4.98 Å². The van der Waals surface area contributed by atoms with Crippen LogP contribution in [0.5, 0.6) is 0 Å². The summed E-state index contributed by atoms with van der Waals surface area (Å²) in [6, 6.07) is 1.96. The first-order chi connectivity index (χ1) is 8.70. The van der Waals surface area contributed by atoms with Gasteiger partial charge in [-0.15, -0.1) is 11.3 Å². The lowest BCUT2D eigenvalue weighted by atomic mass is 10.3. The molecular weight excluding hydrogens is 250 g/mol. The van der Waals surface area contributed by atoms with Gasteiger partial charge < -0.3 is 16.4 Å². The van der Waals surface area contributed by atoms with Crippen LogP contribution in [0.15, 0.2) is 11.4 Å². The van der Waals surface area contributed by atoms with Gasteiger partial charge in [0.25, 0.3) is 0 Å². The molecule has 96 valence electrons. The normalized spacial score (nSPS) is 10.5. The van der Waals surface area contributed by atoms with E-state index < -0.39 is 0 Å². The maximum absolute atomic E-state index is 10.7. The van der Waals surface area contributed by atoms with Crippen molar-refractivity contribution < 1.29 is 4.79 Å². The van der Waals surface area contributed by atoms with Crippen molar-refractivity contribution in [3.63, 3.8) is 0 Å². The van der Waals surface area contributed by atoms with Crippen molar-refractivity contribution in [2.75, 3.05) is 23.7 Å². The molecule has 0 atom stereocenters. The van der Waals surface area contributed by atoms with Crippen molar-refractivity contribution in [1.82, 2.24) is 9.97 Å². The molecule has 1 amide bonds. The number of fused-ring (bicyclic) bond motifs is 1. The van der Waals surface area contributed by atoms with Crippen LogP contribution in [0, 0.1) is 0 Å². The minimum atomic E-state index is -0.329. The van der Waals surface area contributed by atoms with Crippen molar-refractivity contribution in [2.24, 2.45) is 5.73 Å². The lowest BCUT2D eigenvalue weighted by molar-refractivity contribution is -0.117. The van der Waals surface area contributed by atoms with Gasteiger partial charge in [0.2, 0.25) is 11.9 Å². The van der Waals surface area contributed by atoms with Crippen molar-refractivity contribution in [1.29, 1.82) is 0 Å². The largest absolute Gasteiger partial charge is 0.370 e. The number of thiophene rings is 1. The highest BCUT2D eigenvalue weighted by Gasteiger charge is 2.08. The number of amides is 1. The fraction of sp³-hybridized carbons (Fsp3) is 0.364. The molecule has 0 aliphatic rings. The topological polar surface area (TPSA) is 92.9 Å². The summed E-state index contributed by atoms with van der Waals surface area (Å²) in [6.45, 7) is 3.22. The first-order valence-electron chi connectivity index (χ1n) is 5.72. The molecule has 0 aliphatic heterocycles. The molecule has 18 heavy (non-hydrogen) atoms. The van der Waals surface area contributed by atoms with Gasteiger partial charge in [0.1, 0.15) is 10.6 Å². The molecule has 6 nitrogen and oxygen atoms in total. The summed E-state index contributed by atoms with van der Waals surface area (Å²) in [5.74, 6) is 0.998. The highest BCUT2D eigenvalue weighted by molar-refractivity contribution is 7.16. The Hall–Kier alpha value is -1.89. The summed E-state index contributed by atoms with van der Waals surface area (Å²) >= 11 is 1.56. The SMILES string of the molecule is CCNc1nc(NCCC(N)=O)c2ccsc2n1. The molecule has 0 fully saturated rings. The van der Waals surface area contributed by atoms with Crippen molar-refractivity contribution in [2.45, 2.75) is 13.3 Å². The monoisotopic (exact) mass is 265 g/mol. The number of rotatable bonds is 6. The van der Waals surface area contributed by atoms with Gasteiger partial charge in [-0.05, 0) is 18.4 Å². The minimum absolute atomic E-state index is 0.284. The van der Waals surface area contributed by atoms with Crippen LogP contribution >= 0.6 is 11.3 Å². The van der Waals surface area contributed by atoms with Gasteiger partial charge in [0.15, 0.2) is 0 Å². The van der Waals surface area contributed by atoms with Crippen LogP contribution < -0.4 is 16.4 Å². The molecule has 0 aromatic carbocycles. The molecule has 0 saturated heterocycles. The molecule has 2 aromatic rings. The van der Waals surface area contributed by atoms with Crippen LogP contribution in [-0.4, -0.2) is 29.0 Å². The average Bonchev–Trinajstić information content (AvgIpc) is 2.77. The predicted molar refractivity (Wildman–Crippen MR) is 73.9 cm³/mol. The number of primary amides is 1. The number of carbonyl (C=O) groups excluding carboxylic acids is 1. The minimum Gasteiger partial charge on any atom is -0.370 e. The zero-order chi connectivity index (χ0) is 13.0. The van der Waals surface area contributed by atoms with Crippen LogP contribution in [0.1, 0.15) is 13.3 Å². The summed E-state index contributed by atoms with van der Waals surface area (Å²) in [7, 11) is 0. The number of carbonyl (C=O) groups is 1. The number of nitrogens with zero attached hydrogens (tertiary/aromatic N) is 2. The number of nitrogens with two attached hydrogens (primary N) is 1. The maximum Gasteiger partial charge on any atom is 0.226 e. The van der Waals surface area contributed by atoms with Crippen LogP contribution in [0.25, 0.3) is 10.2 Å². The predicted octanol–water partition coefficient (Wildman–Crippen LogP) is 1.41. The van der Waals surface area contributed by atoms with Gasteiger partial charge in [-0.25, -0.2) is 4.98 Å². The fourth-order valence-electron chi connectivity index (χ4n) is 1.53. The second-order valence-electron chi connectivity index (χ2n) is 3.71. The number of hydrogen-bond donors (Lipinski definition) is 3. The van der Waals surface area contributed by atoms with Gasteiger partial charge in [-0.3, -0.25) is 4.79 Å². The number of nitrogens with one attached hydrogen (secondary N) is 2.